The molecule has 0 aliphatic heterocycles. The quantitative estimate of drug-likeness (QED) is 0.826. The number of carbonyl (C=O) groups is 2. The topological polar surface area (TPSA) is 89.5 Å². The number of nitrogens with one attached hydrogen (secondary N) is 1. The minimum atomic E-state index is -3.26. The number of amides is 1. The van der Waals surface area contributed by atoms with Gasteiger partial charge in [-0.15, -0.1) is 0 Å². The lowest BCUT2D eigenvalue weighted by atomic mass is 10.3. The van der Waals surface area contributed by atoms with Crippen molar-refractivity contribution in [2.45, 2.75) is 18.2 Å². The summed E-state index contributed by atoms with van der Waals surface area (Å²) in [5.74, 6) is -0.537. The molecule has 2 rings (SSSR count). The van der Waals surface area contributed by atoms with Crippen molar-refractivity contribution in [3.63, 3.8) is 0 Å². The zero-order valence-corrected chi connectivity index (χ0v) is 12.6. The molecule has 0 saturated heterocycles. The molecule has 0 radical (unpaired) electrons. The fourth-order valence-corrected chi connectivity index (χ4v) is 2.51. The van der Waals surface area contributed by atoms with Crippen LogP contribution in [0.2, 0.25) is 0 Å². The molecule has 1 aromatic rings. The SMILES string of the molecule is C[C@H]1C[C@H]1C(=O)OCC(=O)Nc1ccc(S(C)(=O)=O)cc1. The van der Waals surface area contributed by atoms with Gasteiger partial charge in [-0.1, -0.05) is 6.92 Å². The van der Waals surface area contributed by atoms with Gasteiger partial charge in [0.1, 0.15) is 0 Å². The molecule has 1 amide bonds. The highest BCUT2D eigenvalue weighted by Crippen LogP contribution is 2.38. The molecule has 0 spiro atoms. The van der Waals surface area contributed by atoms with Gasteiger partial charge in [-0.3, -0.25) is 9.59 Å². The molecule has 2 atom stereocenters. The summed E-state index contributed by atoms with van der Waals surface area (Å²) in [6.07, 6.45) is 1.92. The predicted molar refractivity (Wildman–Crippen MR) is 76.4 cm³/mol. The van der Waals surface area contributed by atoms with Crippen molar-refractivity contribution in [3.05, 3.63) is 24.3 Å². The van der Waals surface area contributed by atoms with Crippen molar-refractivity contribution in [3.8, 4) is 0 Å². The third-order valence-corrected chi connectivity index (χ3v) is 4.45. The Morgan fingerprint density at radius 3 is 2.33 bits per heavy atom. The first-order valence-corrected chi connectivity index (χ1v) is 8.43. The fraction of sp³-hybridized carbons (Fsp3) is 0.429. The summed E-state index contributed by atoms with van der Waals surface area (Å²) in [4.78, 5) is 23.3. The predicted octanol–water partition coefficient (Wildman–Crippen LogP) is 1.23. The summed E-state index contributed by atoms with van der Waals surface area (Å²) in [6, 6.07) is 5.78. The van der Waals surface area contributed by atoms with E-state index in [1.165, 1.54) is 24.3 Å². The first-order valence-electron chi connectivity index (χ1n) is 6.54. The zero-order valence-electron chi connectivity index (χ0n) is 11.8. The molecular weight excluding hydrogens is 294 g/mol. The largest absolute Gasteiger partial charge is 0.455 e. The number of carbonyl (C=O) groups excluding carboxylic acids is 2. The maximum atomic E-state index is 11.6. The van der Waals surface area contributed by atoms with Gasteiger partial charge in [0, 0.05) is 11.9 Å². The lowest BCUT2D eigenvalue weighted by molar-refractivity contribution is -0.148. The van der Waals surface area contributed by atoms with E-state index in [-0.39, 0.29) is 23.4 Å². The van der Waals surface area contributed by atoms with Gasteiger partial charge < -0.3 is 10.1 Å². The van der Waals surface area contributed by atoms with E-state index in [2.05, 4.69) is 5.32 Å². The highest BCUT2D eigenvalue weighted by atomic mass is 32.2. The number of hydrogen-bond acceptors (Lipinski definition) is 5. The molecule has 1 saturated carbocycles. The summed E-state index contributed by atoms with van der Waals surface area (Å²) < 4.78 is 27.5. The van der Waals surface area contributed by atoms with Crippen LogP contribution in [0, 0.1) is 11.8 Å². The van der Waals surface area contributed by atoms with E-state index in [1.807, 2.05) is 6.92 Å². The Morgan fingerprint density at radius 1 is 1.29 bits per heavy atom. The average Bonchev–Trinajstić information content (AvgIpc) is 3.13. The zero-order chi connectivity index (χ0) is 15.6. The second-order valence-corrected chi connectivity index (χ2v) is 7.29. The molecule has 0 heterocycles. The van der Waals surface area contributed by atoms with Gasteiger partial charge in [0.2, 0.25) is 0 Å². The van der Waals surface area contributed by atoms with Crippen molar-refractivity contribution in [1.29, 1.82) is 0 Å². The second-order valence-electron chi connectivity index (χ2n) is 5.27. The molecule has 1 fully saturated rings. The molecule has 1 N–H and O–H groups in total. The highest BCUT2D eigenvalue weighted by Gasteiger charge is 2.40. The summed E-state index contributed by atoms with van der Waals surface area (Å²) in [7, 11) is -3.26. The van der Waals surface area contributed by atoms with Gasteiger partial charge in [-0.05, 0) is 36.6 Å². The summed E-state index contributed by atoms with van der Waals surface area (Å²) in [6.45, 7) is 1.62. The van der Waals surface area contributed by atoms with Crippen LogP contribution in [0.4, 0.5) is 5.69 Å². The molecule has 7 heteroatoms. The normalized spacial score (nSPS) is 20.7. The minimum absolute atomic E-state index is 0.0770. The van der Waals surface area contributed by atoms with Crippen LogP contribution >= 0.6 is 0 Å². The summed E-state index contributed by atoms with van der Waals surface area (Å²) in [5, 5.41) is 2.54. The van der Waals surface area contributed by atoms with E-state index in [0.717, 1.165) is 12.7 Å². The number of benzene rings is 1. The van der Waals surface area contributed by atoms with Crippen molar-refractivity contribution in [2.24, 2.45) is 11.8 Å². The average molecular weight is 311 g/mol. The molecule has 0 unspecified atom stereocenters. The molecule has 0 aromatic heterocycles. The third-order valence-electron chi connectivity index (χ3n) is 3.32. The van der Waals surface area contributed by atoms with Crippen molar-refractivity contribution in [2.75, 3.05) is 18.2 Å². The Hall–Kier alpha value is -1.89. The first kappa shape index (κ1) is 15.5. The summed E-state index contributed by atoms with van der Waals surface area (Å²) >= 11 is 0. The van der Waals surface area contributed by atoms with Gasteiger partial charge >= 0.3 is 5.97 Å². The number of rotatable bonds is 5. The van der Waals surface area contributed by atoms with Crippen LogP contribution in [-0.4, -0.2) is 33.2 Å². The minimum Gasteiger partial charge on any atom is -0.455 e. The van der Waals surface area contributed by atoms with E-state index in [4.69, 9.17) is 4.74 Å². The lowest BCUT2D eigenvalue weighted by Crippen LogP contribution is -2.21. The highest BCUT2D eigenvalue weighted by molar-refractivity contribution is 7.90. The van der Waals surface area contributed by atoms with Crippen molar-refractivity contribution < 1.29 is 22.7 Å². The summed E-state index contributed by atoms with van der Waals surface area (Å²) in [5.41, 5.74) is 0.447. The van der Waals surface area contributed by atoms with Crippen LogP contribution in [0.25, 0.3) is 0 Å². The van der Waals surface area contributed by atoms with Crippen molar-refractivity contribution >= 4 is 27.4 Å². The lowest BCUT2D eigenvalue weighted by Gasteiger charge is -2.07. The van der Waals surface area contributed by atoms with Crippen LogP contribution in [0.5, 0.6) is 0 Å². The number of ether oxygens (including phenoxy) is 1. The monoisotopic (exact) mass is 311 g/mol. The Kier molecular flexibility index (Phi) is 4.32. The number of anilines is 1. The van der Waals surface area contributed by atoms with Crippen LogP contribution in [0.1, 0.15) is 13.3 Å². The standard InChI is InChI=1S/C14H17NO5S/c1-9-7-12(9)14(17)20-8-13(16)15-10-3-5-11(6-4-10)21(2,18)19/h3-6,9,12H,7-8H2,1-2H3,(H,15,16)/t9-,12+/m0/s1. The van der Waals surface area contributed by atoms with Crippen LogP contribution in [0.3, 0.4) is 0 Å². The van der Waals surface area contributed by atoms with E-state index in [0.29, 0.717) is 11.6 Å². The van der Waals surface area contributed by atoms with E-state index in [9.17, 15) is 18.0 Å². The fourth-order valence-electron chi connectivity index (χ4n) is 1.88. The maximum absolute atomic E-state index is 11.6. The van der Waals surface area contributed by atoms with Crippen LogP contribution in [-0.2, 0) is 24.2 Å². The van der Waals surface area contributed by atoms with Crippen LogP contribution < -0.4 is 5.32 Å². The van der Waals surface area contributed by atoms with Crippen molar-refractivity contribution in [1.82, 2.24) is 0 Å². The Labute approximate surface area is 123 Å². The number of sulfone groups is 1. The number of hydrogen-bond donors (Lipinski definition) is 1. The molecule has 1 aliphatic carbocycles. The third kappa shape index (κ3) is 4.29. The Bertz CT molecular complexity index is 650. The van der Waals surface area contributed by atoms with E-state index in [1.54, 1.807) is 0 Å². The molecule has 6 nitrogen and oxygen atoms in total. The van der Waals surface area contributed by atoms with Gasteiger partial charge in [0.25, 0.3) is 5.91 Å². The van der Waals surface area contributed by atoms with Crippen LogP contribution in [0.15, 0.2) is 29.2 Å². The molecule has 1 aromatic carbocycles. The molecular formula is C14H17NO5S. The Morgan fingerprint density at radius 2 is 1.86 bits per heavy atom. The van der Waals surface area contributed by atoms with Gasteiger partial charge in [-0.25, -0.2) is 8.42 Å². The van der Waals surface area contributed by atoms with E-state index >= 15 is 0 Å². The molecule has 0 bridgehead atoms. The Balaban J connectivity index is 1.84. The molecule has 1 aliphatic rings. The first-order chi connectivity index (χ1) is 9.77. The molecule has 114 valence electrons. The van der Waals surface area contributed by atoms with E-state index < -0.39 is 15.7 Å². The van der Waals surface area contributed by atoms with Gasteiger partial charge in [-0.2, -0.15) is 0 Å². The van der Waals surface area contributed by atoms with Gasteiger partial charge in [0.05, 0.1) is 10.8 Å². The maximum Gasteiger partial charge on any atom is 0.309 e. The molecule has 21 heavy (non-hydrogen) atoms. The number of esters is 1. The smallest absolute Gasteiger partial charge is 0.309 e. The second kappa shape index (κ2) is 5.85. The van der Waals surface area contributed by atoms with Gasteiger partial charge in [0.15, 0.2) is 16.4 Å².